The minimum atomic E-state index is -0.322. The van der Waals surface area contributed by atoms with E-state index in [1.54, 1.807) is 12.1 Å². The minimum absolute atomic E-state index is 0.0928. The first-order chi connectivity index (χ1) is 13.1. The maximum atomic E-state index is 13.3. The number of ketones is 1. The molecule has 6 nitrogen and oxygen atoms in total. The van der Waals surface area contributed by atoms with E-state index in [1.165, 1.54) is 16.8 Å². The van der Waals surface area contributed by atoms with Gasteiger partial charge in [-0.3, -0.25) is 4.79 Å². The van der Waals surface area contributed by atoms with E-state index >= 15 is 0 Å². The second-order valence-corrected chi connectivity index (χ2v) is 7.63. The van der Waals surface area contributed by atoms with E-state index < -0.39 is 0 Å². The third-order valence-electron chi connectivity index (χ3n) is 6.03. The van der Waals surface area contributed by atoms with Crippen LogP contribution in [0.4, 0.5) is 9.18 Å². The Morgan fingerprint density at radius 1 is 1.04 bits per heavy atom. The average Bonchev–Trinajstić information content (AvgIpc) is 3.05. The van der Waals surface area contributed by atoms with Crippen molar-refractivity contribution < 1.29 is 14.0 Å². The minimum Gasteiger partial charge on any atom is -0.318 e. The van der Waals surface area contributed by atoms with Crippen molar-refractivity contribution in [1.29, 1.82) is 0 Å². The molecule has 0 unspecified atom stereocenters. The Labute approximate surface area is 156 Å². The molecule has 7 heteroatoms. The van der Waals surface area contributed by atoms with Crippen LogP contribution in [0, 0.1) is 5.82 Å². The summed E-state index contributed by atoms with van der Waals surface area (Å²) in [5.41, 5.74) is 2.86. The van der Waals surface area contributed by atoms with Gasteiger partial charge in [0.2, 0.25) is 0 Å². The lowest BCUT2D eigenvalue weighted by Crippen LogP contribution is -2.44. The number of carbonyl (C=O) groups is 2. The molecule has 1 aromatic carbocycles. The number of hydrogen-bond donors (Lipinski definition) is 0. The van der Waals surface area contributed by atoms with Gasteiger partial charge in [-0.15, -0.1) is 0 Å². The van der Waals surface area contributed by atoms with Crippen LogP contribution in [0.3, 0.4) is 0 Å². The first-order valence-electron chi connectivity index (χ1n) is 9.52. The summed E-state index contributed by atoms with van der Waals surface area (Å²) in [6.07, 6.45) is 2.49. The molecule has 2 aromatic rings. The van der Waals surface area contributed by atoms with E-state index in [2.05, 4.69) is 10.00 Å². The van der Waals surface area contributed by atoms with E-state index in [4.69, 9.17) is 0 Å². The van der Waals surface area contributed by atoms with Gasteiger partial charge in [-0.2, -0.15) is 9.78 Å². The highest BCUT2D eigenvalue weighted by Gasteiger charge is 2.36. The van der Waals surface area contributed by atoms with Gasteiger partial charge in [0.05, 0.1) is 11.4 Å². The van der Waals surface area contributed by atoms with Crippen LogP contribution in [0.15, 0.2) is 24.3 Å². The van der Waals surface area contributed by atoms with E-state index in [-0.39, 0.29) is 36.5 Å². The van der Waals surface area contributed by atoms with Crippen molar-refractivity contribution in [1.82, 2.24) is 19.6 Å². The molecule has 3 aliphatic heterocycles. The van der Waals surface area contributed by atoms with Crippen molar-refractivity contribution in [3.63, 3.8) is 0 Å². The molecule has 27 heavy (non-hydrogen) atoms. The van der Waals surface area contributed by atoms with E-state index in [0.717, 1.165) is 43.6 Å². The standard InChI is InChI=1S/C20H21FN4O2/c21-14-3-1-13(2-4-14)19-17-11-16(26)12-18(17)25(22-19)20(27)24-10-9-23-7-5-15(24)6-8-23/h1-4,15H,5-12H2. The number of nitrogens with zero attached hydrogens (tertiary/aromatic N) is 4. The van der Waals surface area contributed by atoms with Gasteiger partial charge in [0, 0.05) is 56.2 Å². The first kappa shape index (κ1) is 16.6. The molecule has 1 aromatic heterocycles. The van der Waals surface area contributed by atoms with Crippen LogP contribution in [-0.2, 0) is 17.6 Å². The van der Waals surface area contributed by atoms with E-state index in [1.807, 2.05) is 4.90 Å². The summed E-state index contributed by atoms with van der Waals surface area (Å²) in [6, 6.07) is 6.15. The van der Waals surface area contributed by atoms with Gasteiger partial charge in [-0.1, -0.05) is 0 Å². The number of aromatic nitrogens is 2. The predicted octanol–water partition coefficient (Wildman–Crippen LogP) is 2.10. The summed E-state index contributed by atoms with van der Waals surface area (Å²) in [7, 11) is 0. The van der Waals surface area contributed by atoms with Gasteiger partial charge in [-0.25, -0.2) is 9.18 Å². The topological polar surface area (TPSA) is 58.4 Å². The fourth-order valence-electron chi connectivity index (χ4n) is 4.56. The lowest BCUT2D eigenvalue weighted by molar-refractivity contribution is -0.117. The molecule has 1 amide bonds. The summed E-state index contributed by atoms with van der Waals surface area (Å²) >= 11 is 0. The second-order valence-electron chi connectivity index (χ2n) is 7.63. The zero-order chi connectivity index (χ0) is 18.5. The number of rotatable bonds is 1. The average molecular weight is 368 g/mol. The lowest BCUT2D eigenvalue weighted by atomic mass is 10.1. The SMILES string of the molecule is O=C1Cc2c(-c3ccc(F)cc3)nn(C(=O)N3CCN4CCC3CC4)c2C1. The predicted molar refractivity (Wildman–Crippen MR) is 97.0 cm³/mol. The number of fused-ring (bicyclic) bond motifs is 5. The third kappa shape index (κ3) is 2.77. The smallest absolute Gasteiger partial charge is 0.318 e. The van der Waals surface area contributed by atoms with Gasteiger partial charge >= 0.3 is 6.03 Å². The summed E-state index contributed by atoms with van der Waals surface area (Å²) in [4.78, 5) is 29.8. The quantitative estimate of drug-likeness (QED) is 0.774. The van der Waals surface area contributed by atoms with Crippen molar-refractivity contribution in [3.05, 3.63) is 41.3 Å². The number of benzene rings is 1. The second kappa shape index (κ2) is 6.27. The molecule has 140 valence electrons. The molecule has 0 saturated carbocycles. The summed E-state index contributed by atoms with van der Waals surface area (Å²) in [5.74, 6) is -0.229. The van der Waals surface area contributed by atoms with Crippen molar-refractivity contribution in [2.24, 2.45) is 0 Å². The highest BCUT2D eigenvalue weighted by Crippen LogP contribution is 2.32. The molecule has 4 aliphatic rings. The molecule has 4 heterocycles. The van der Waals surface area contributed by atoms with Crippen LogP contribution in [0.25, 0.3) is 11.3 Å². The molecule has 0 N–H and O–H groups in total. The number of Topliss-reactive ketones (excluding diaryl/α,β-unsaturated/α-hetero) is 1. The Balaban J connectivity index is 1.54. The molecule has 6 rings (SSSR count). The van der Waals surface area contributed by atoms with Gasteiger partial charge in [0.1, 0.15) is 11.6 Å². The van der Waals surface area contributed by atoms with Crippen molar-refractivity contribution >= 4 is 11.8 Å². The van der Waals surface area contributed by atoms with Crippen LogP contribution < -0.4 is 0 Å². The monoisotopic (exact) mass is 368 g/mol. The Morgan fingerprint density at radius 2 is 1.78 bits per heavy atom. The molecule has 3 saturated heterocycles. The molecule has 3 fully saturated rings. The van der Waals surface area contributed by atoms with Gasteiger partial charge in [-0.05, 0) is 37.1 Å². The molecule has 1 aliphatic carbocycles. The summed E-state index contributed by atoms with van der Waals surface area (Å²) in [5, 5.41) is 4.59. The first-order valence-corrected chi connectivity index (χ1v) is 9.52. The number of halogens is 1. The Morgan fingerprint density at radius 3 is 2.52 bits per heavy atom. The maximum Gasteiger partial charge on any atom is 0.345 e. The molecule has 0 radical (unpaired) electrons. The summed E-state index contributed by atoms with van der Waals surface area (Å²) < 4.78 is 14.7. The van der Waals surface area contributed by atoms with Crippen LogP contribution in [0.1, 0.15) is 24.1 Å². The molecule has 0 atom stereocenters. The Hall–Kier alpha value is -2.54. The van der Waals surface area contributed by atoms with Crippen LogP contribution >= 0.6 is 0 Å². The van der Waals surface area contributed by atoms with Gasteiger partial charge in [0.15, 0.2) is 0 Å². The van der Waals surface area contributed by atoms with E-state index in [9.17, 15) is 14.0 Å². The zero-order valence-corrected chi connectivity index (χ0v) is 15.0. The molecule has 2 bridgehead atoms. The number of piperidine rings is 1. The highest BCUT2D eigenvalue weighted by molar-refractivity contribution is 5.92. The highest BCUT2D eigenvalue weighted by atomic mass is 19.1. The third-order valence-corrected chi connectivity index (χ3v) is 6.03. The van der Waals surface area contributed by atoms with Crippen LogP contribution in [0.2, 0.25) is 0 Å². The van der Waals surface area contributed by atoms with Gasteiger partial charge < -0.3 is 9.80 Å². The van der Waals surface area contributed by atoms with Crippen molar-refractivity contribution in [2.75, 3.05) is 26.2 Å². The Bertz CT molecular complexity index is 913. The number of hydrogen-bond acceptors (Lipinski definition) is 4. The normalized spacial score (nSPS) is 24.2. The molecular weight excluding hydrogens is 347 g/mol. The van der Waals surface area contributed by atoms with Crippen LogP contribution in [0.5, 0.6) is 0 Å². The fourth-order valence-corrected chi connectivity index (χ4v) is 4.56. The van der Waals surface area contributed by atoms with Crippen molar-refractivity contribution in [3.8, 4) is 11.3 Å². The molecule has 0 spiro atoms. The number of carbonyl (C=O) groups excluding carboxylic acids is 2. The maximum absolute atomic E-state index is 13.3. The number of amides is 1. The fraction of sp³-hybridized carbons (Fsp3) is 0.450. The Kier molecular flexibility index (Phi) is 3.86. The molecular formula is C20H21FN4O2. The zero-order valence-electron chi connectivity index (χ0n) is 15.0. The van der Waals surface area contributed by atoms with Gasteiger partial charge in [0.25, 0.3) is 0 Å². The summed E-state index contributed by atoms with van der Waals surface area (Å²) in [6.45, 7) is 3.64. The van der Waals surface area contributed by atoms with E-state index in [0.29, 0.717) is 17.9 Å². The lowest BCUT2D eigenvalue weighted by Gasteiger charge is -2.31. The van der Waals surface area contributed by atoms with Crippen LogP contribution in [-0.4, -0.2) is 63.6 Å². The largest absolute Gasteiger partial charge is 0.345 e. The van der Waals surface area contributed by atoms with Crippen molar-refractivity contribution in [2.45, 2.75) is 31.7 Å².